The van der Waals surface area contributed by atoms with Crippen LogP contribution < -0.4 is 29.6 Å². The number of ketones is 3. The first-order chi connectivity index (χ1) is 9.83. The van der Waals surface area contributed by atoms with E-state index in [1.54, 1.807) is 27.7 Å². The minimum absolute atomic E-state index is 0. The third kappa shape index (κ3) is 21.7. The monoisotopic (exact) mass is 656 g/mol. The summed E-state index contributed by atoms with van der Waals surface area (Å²) in [6.07, 6.45) is 5.04. The molecule has 0 aliphatic heterocycles. The predicted octanol–water partition coefficient (Wildman–Crippen LogP) is -5.74. The molecule has 2 rings (SSSR count). The van der Waals surface area contributed by atoms with Crippen LogP contribution in [-0.4, -0.2) is 75.3 Å². The number of hydrogen-bond acceptors (Lipinski definition) is 4. The molecule has 184 valence electrons. The van der Waals surface area contributed by atoms with E-state index in [2.05, 4.69) is 0 Å². The third-order valence-corrected chi connectivity index (χ3v) is 3.42. The first-order valence-corrected chi connectivity index (χ1v) is 18.2. The van der Waals surface area contributed by atoms with E-state index in [0.29, 0.717) is 0 Å². The zero-order chi connectivity index (χ0) is 17.7. The largest absolute Gasteiger partial charge is 1.00 e. The molecule has 1 unspecified atom stereocenters. The molecule has 0 bridgehead atoms. The third-order valence-electron chi connectivity index (χ3n) is 3.42. The van der Waals surface area contributed by atoms with Crippen LogP contribution in [0.15, 0.2) is 24.3 Å². The zero-order valence-electron chi connectivity index (χ0n) is 18.8. The molecular formula is C14H33BCeCl3NaO11. The Hall–Kier alpha value is 1.48. The summed E-state index contributed by atoms with van der Waals surface area (Å²) in [6.45, 7) is 6.75. The van der Waals surface area contributed by atoms with Gasteiger partial charge in [0.05, 0.1) is 16.9 Å². The Kier molecular flexibility index (Phi) is 57.0. The van der Waals surface area contributed by atoms with E-state index in [1.807, 2.05) is 0 Å². The van der Waals surface area contributed by atoms with Gasteiger partial charge in [-0.3, -0.25) is 14.4 Å². The van der Waals surface area contributed by atoms with Gasteiger partial charge in [0.2, 0.25) is 0 Å². The zero-order valence-corrected chi connectivity index (χ0v) is 25.2. The molecule has 0 heterocycles. The second-order valence-corrected chi connectivity index (χ2v) is 19.6. The second-order valence-electron chi connectivity index (χ2n) is 5.79. The van der Waals surface area contributed by atoms with Crippen molar-refractivity contribution in [2.45, 2.75) is 33.8 Å². The minimum atomic E-state index is -2.24. The van der Waals surface area contributed by atoms with Crippen molar-refractivity contribution in [3.8, 4) is 0 Å². The van der Waals surface area contributed by atoms with Crippen LogP contribution in [0.4, 0.5) is 0 Å². The summed E-state index contributed by atoms with van der Waals surface area (Å²) >= 11 is -2.24. The summed E-state index contributed by atoms with van der Waals surface area (Å²) in [4.78, 5) is 32.5. The van der Waals surface area contributed by atoms with Crippen LogP contribution in [0.5, 0.6) is 0 Å². The summed E-state index contributed by atoms with van der Waals surface area (Å²) in [5, 5.41) is 9.12. The SMILES string of the molecule is CC1(C)C(=O)C=CC1=O.CC1(C)C(=O)C=CC1O.O.O.O.O.O.O.O.[B].[Cl][Ce]([Cl])[Cl].[H-].[Na+]. The van der Waals surface area contributed by atoms with E-state index in [1.165, 1.54) is 24.3 Å². The minimum Gasteiger partial charge on any atom is -1.00 e. The molecule has 0 spiro atoms. The van der Waals surface area contributed by atoms with Gasteiger partial charge in [0, 0.05) is 8.41 Å². The number of hydrogen-bond donors (Lipinski definition) is 1. The first kappa shape index (κ1) is 63.7. The molecule has 0 saturated heterocycles. The van der Waals surface area contributed by atoms with Crippen molar-refractivity contribution in [3.63, 3.8) is 0 Å². The van der Waals surface area contributed by atoms with Gasteiger partial charge in [-0.1, -0.05) is 6.08 Å². The second kappa shape index (κ2) is 27.7. The quantitative estimate of drug-likeness (QED) is 0.197. The molecule has 0 aromatic heterocycles. The number of rotatable bonds is 0. The van der Waals surface area contributed by atoms with Gasteiger partial charge in [-0.15, -0.1) is 0 Å². The van der Waals surface area contributed by atoms with E-state index in [0.717, 1.165) is 0 Å². The molecule has 0 saturated carbocycles. The number of aliphatic hydroxyl groups excluding tert-OH is 1. The van der Waals surface area contributed by atoms with Gasteiger partial charge in [-0.25, -0.2) is 0 Å². The molecule has 2 aliphatic carbocycles. The van der Waals surface area contributed by atoms with Crippen LogP contribution >= 0.6 is 16.9 Å². The van der Waals surface area contributed by atoms with Gasteiger partial charge in [0.15, 0.2) is 17.3 Å². The Bertz CT molecular complexity index is 519. The van der Waals surface area contributed by atoms with Crippen LogP contribution in [0, 0.1) is 41.5 Å². The molecule has 2 aliphatic rings. The van der Waals surface area contributed by atoms with Crippen LogP contribution in [0.2, 0.25) is 0 Å². The van der Waals surface area contributed by atoms with Crippen molar-refractivity contribution < 1.29 is 119 Å². The number of allylic oxidation sites excluding steroid dienone is 3. The smallest absolute Gasteiger partial charge is 1.00 e. The number of carbonyl (C=O) groups is 3. The molecule has 0 aromatic carbocycles. The van der Waals surface area contributed by atoms with E-state index in [9.17, 15) is 14.4 Å². The maximum Gasteiger partial charge on any atom is 1.00 e. The Labute approximate surface area is 228 Å². The van der Waals surface area contributed by atoms with Gasteiger partial charge < -0.3 is 44.9 Å². The van der Waals surface area contributed by atoms with Crippen LogP contribution in [0.1, 0.15) is 29.1 Å². The van der Waals surface area contributed by atoms with Crippen molar-refractivity contribution in [1.29, 1.82) is 0 Å². The standard InChI is InChI=1S/C7H10O2.C7H8O2.B.Ce.3ClH.Na.7H2O.H/c2*1-7(2)5(8)3-4-6(7)9;;;;;;;;;;;;;;/h3-5,8H,1-2H3;3-4H,1-2H3;;;3*1H;;7*1H2;/q;;;+3;;;;+1;;;;;;;;-1/p-3. The molecule has 0 amide bonds. The normalized spacial score (nSPS) is 16.8. The molecule has 1 atom stereocenters. The number of carbonyl (C=O) groups excluding carboxylic acids is 3. The van der Waals surface area contributed by atoms with Crippen molar-refractivity contribution in [2.24, 2.45) is 10.8 Å². The predicted molar refractivity (Wildman–Crippen MR) is 117 cm³/mol. The van der Waals surface area contributed by atoms with Crippen molar-refractivity contribution in [2.75, 3.05) is 0 Å². The van der Waals surface area contributed by atoms with Gasteiger partial charge in [0.25, 0.3) is 0 Å². The Balaban J connectivity index is -0.0000000208. The maximum absolute atomic E-state index is 10.9. The van der Waals surface area contributed by atoms with Crippen LogP contribution in [-0.2, 0) is 14.4 Å². The molecule has 0 fully saturated rings. The van der Waals surface area contributed by atoms with E-state index in [4.69, 9.17) is 22.0 Å². The first-order valence-electron chi connectivity index (χ1n) is 6.34. The summed E-state index contributed by atoms with van der Waals surface area (Å²) in [6, 6.07) is 0. The Morgan fingerprint density at radius 2 is 1.03 bits per heavy atom. The summed E-state index contributed by atoms with van der Waals surface area (Å²) < 4.78 is 0. The van der Waals surface area contributed by atoms with Gasteiger partial charge in [-0.05, 0) is 45.9 Å². The van der Waals surface area contributed by atoms with Crippen LogP contribution in [0.25, 0.3) is 0 Å². The topological polar surface area (TPSA) is 292 Å². The molecule has 15 N–H and O–H groups in total. The van der Waals surface area contributed by atoms with E-state index < -0.39 is 47.6 Å². The van der Waals surface area contributed by atoms with Crippen molar-refractivity contribution in [1.82, 2.24) is 0 Å². The average molecular weight is 658 g/mol. The molecule has 3 radical (unpaired) electrons. The fourth-order valence-electron chi connectivity index (χ4n) is 1.47. The van der Waals surface area contributed by atoms with E-state index >= 15 is 0 Å². The molecule has 31 heavy (non-hydrogen) atoms. The molecule has 11 nitrogen and oxygen atoms in total. The van der Waals surface area contributed by atoms with Gasteiger partial charge in [-0.2, -0.15) is 0 Å². The maximum atomic E-state index is 10.9. The summed E-state index contributed by atoms with van der Waals surface area (Å²) in [7, 11) is 0. The fourth-order valence-corrected chi connectivity index (χ4v) is 1.47. The van der Waals surface area contributed by atoms with Crippen molar-refractivity contribution >= 4 is 42.6 Å². The average Bonchev–Trinajstić information content (AvgIpc) is 2.74. The summed E-state index contributed by atoms with van der Waals surface area (Å²) in [5.41, 5.74) is 13.7. The molecular weight excluding hydrogens is 624 g/mol. The van der Waals surface area contributed by atoms with Gasteiger partial charge in [0.1, 0.15) is 0 Å². The van der Waals surface area contributed by atoms with Gasteiger partial charge >= 0.3 is 77.1 Å². The van der Waals surface area contributed by atoms with Crippen LogP contribution in [0.3, 0.4) is 0 Å². The molecule has 17 heteroatoms. The van der Waals surface area contributed by atoms with E-state index in [-0.39, 0.29) is 95.1 Å². The molecule has 0 aromatic rings. The number of aliphatic hydroxyl groups is 1. The number of halogens is 3. The summed E-state index contributed by atoms with van der Waals surface area (Å²) in [5.74, 6) is -0.171. The van der Waals surface area contributed by atoms with Crippen molar-refractivity contribution in [3.05, 3.63) is 24.3 Å². The Morgan fingerprint density at radius 3 is 1.10 bits per heavy atom. The fraction of sp³-hybridized carbons (Fsp3) is 0.500. The Morgan fingerprint density at radius 1 is 0.774 bits per heavy atom.